The Morgan fingerprint density at radius 1 is 1.25 bits per heavy atom. The van der Waals surface area contributed by atoms with E-state index in [9.17, 15) is 9.59 Å². The first-order valence-electron chi connectivity index (χ1n) is 8.48. The quantitative estimate of drug-likeness (QED) is 0.854. The molecule has 1 aromatic rings. The second-order valence-corrected chi connectivity index (χ2v) is 7.56. The highest BCUT2D eigenvalue weighted by Gasteiger charge is 2.33. The van der Waals surface area contributed by atoms with Gasteiger partial charge in [0, 0.05) is 36.3 Å². The highest BCUT2D eigenvalue weighted by Crippen LogP contribution is 2.28. The fourth-order valence-electron chi connectivity index (χ4n) is 3.39. The highest BCUT2D eigenvalue weighted by atomic mass is 32.2. The predicted molar refractivity (Wildman–Crippen MR) is 94.5 cm³/mol. The molecule has 1 unspecified atom stereocenters. The van der Waals surface area contributed by atoms with Gasteiger partial charge in [-0.05, 0) is 43.7 Å². The van der Waals surface area contributed by atoms with Crippen molar-refractivity contribution in [2.75, 3.05) is 18.2 Å². The van der Waals surface area contributed by atoms with Crippen molar-refractivity contribution in [1.29, 1.82) is 0 Å². The van der Waals surface area contributed by atoms with Crippen LogP contribution in [0.3, 0.4) is 0 Å². The van der Waals surface area contributed by atoms with Gasteiger partial charge in [-0.2, -0.15) is 0 Å². The van der Waals surface area contributed by atoms with Crippen molar-refractivity contribution in [3.8, 4) is 0 Å². The molecule has 0 aromatic carbocycles. The second-order valence-electron chi connectivity index (χ2n) is 6.49. The van der Waals surface area contributed by atoms with Crippen LogP contribution in [0, 0.1) is 5.92 Å². The Labute approximate surface area is 146 Å². The molecule has 0 spiro atoms. The first-order valence-corrected chi connectivity index (χ1v) is 9.63. The summed E-state index contributed by atoms with van der Waals surface area (Å²) in [6, 6.07) is 3.18. The largest absolute Gasteiger partial charge is 0.349 e. The van der Waals surface area contributed by atoms with Gasteiger partial charge in [0.25, 0.3) is 5.91 Å². The van der Waals surface area contributed by atoms with E-state index >= 15 is 0 Å². The van der Waals surface area contributed by atoms with Crippen LogP contribution in [0.5, 0.6) is 0 Å². The van der Waals surface area contributed by atoms with Crippen LogP contribution in [-0.2, 0) is 4.79 Å². The minimum absolute atomic E-state index is 0.0599. The molecule has 24 heavy (non-hydrogen) atoms. The molecule has 0 bridgehead atoms. The number of nitrogens with two attached hydrogens (primary N) is 1. The van der Waals surface area contributed by atoms with Gasteiger partial charge in [-0.15, -0.1) is 11.8 Å². The van der Waals surface area contributed by atoms with E-state index in [1.807, 2.05) is 4.90 Å². The molecule has 1 saturated carbocycles. The summed E-state index contributed by atoms with van der Waals surface area (Å²) in [6.07, 6.45) is 6.75. The van der Waals surface area contributed by atoms with Gasteiger partial charge >= 0.3 is 0 Å². The van der Waals surface area contributed by atoms with E-state index in [1.54, 1.807) is 36.3 Å². The van der Waals surface area contributed by atoms with Crippen molar-refractivity contribution >= 4 is 23.6 Å². The number of thioether (sulfide) groups is 1. The summed E-state index contributed by atoms with van der Waals surface area (Å²) < 4.78 is 0. The maximum atomic E-state index is 12.4. The highest BCUT2D eigenvalue weighted by molar-refractivity contribution is 7.99. The molecule has 2 fully saturated rings. The van der Waals surface area contributed by atoms with Gasteiger partial charge in [0.2, 0.25) is 5.91 Å². The normalized spacial score (nSPS) is 25.3. The summed E-state index contributed by atoms with van der Waals surface area (Å²) in [7, 11) is 0. The molecule has 3 N–H and O–H groups in total. The third-order valence-electron chi connectivity index (χ3n) is 4.91. The topological polar surface area (TPSA) is 88.3 Å². The molecule has 1 saturated heterocycles. The van der Waals surface area contributed by atoms with Gasteiger partial charge in [-0.3, -0.25) is 14.6 Å². The SMILES string of the molecule is NC(C(=O)N1CCSC1)C1CCC(NC(=O)c2ccncc2)CC1. The second kappa shape index (κ2) is 7.98. The van der Waals surface area contributed by atoms with E-state index in [1.165, 1.54) is 0 Å². The lowest BCUT2D eigenvalue weighted by atomic mass is 9.81. The lowest BCUT2D eigenvalue weighted by Gasteiger charge is -2.33. The van der Waals surface area contributed by atoms with Crippen LogP contribution in [0.1, 0.15) is 36.0 Å². The fraction of sp³-hybridized carbons (Fsp3) is 0.588. The molecule has 1 aliphatic carbocycles. The molecule has 2 heterocycles. The molecule has 2 aliphatic rings. The summed E-state index contributed by atoms with van der Waals surface area (Å²) in [6.45, 7) is 0.814. The van der Waals surface area contributed by atoms with Gasteiger partial charge in [0.05, 0.1) is 11.9 Å². The Hall–Kier alpha value is -1.60. The zero-order chi connectivity index (χ0) is 16.9. The van der Waals surface area contributed by atoms with Crippen molar-refractivity contribution < 1.29 is 9.59 Å². The smallest absolute Gasteiger partial charge is 0.251 e. The molecule has 1 atom stereocenters. The van der Waals surface area contributed by atoms with Gasteiger partial charge in [-0.1, -0.05) is 0 Å². The summed E-state index contributed by atoms with van der Waals surface area (Å²) in [5.41, 5.74) is 6.84. The fourth-order valence-corrected chi connectivity index (χ4v) is 4.35. The molecule has 1 aromatic heterocycles. The lowest BCUT2D eigenvalue weighted by Crippen LogP contribution is -2.49. The average molecular weight is 348 g/mol. The monoisotopic (exact) mass is 348 g/mol. The molecule has 1 aliphatic heterocycles. The van der Waals surface area contributed by atoms with Gasteiger partial charge < -0.3 is 16.0 Å². The third kappa shape index (κ3) is 4.08. The minimum Gasteiger partial charge on any atom is -0.349 e. The van der Waals surface area contributed by atoms with E-state index in [2.05, 4.69) is 10.3 Å². The Kier molecular flexibility index (Phi) is 5.73. The van der Waals surface area contributed by atoms with Gasteiger partial charge in [0.15, 0.2) is 0 Å². The number of rotatable bonds is 4. The maximum Gasteiger partial charge on any atom is 0.251 e. The lowest BCUT2D eigenvalue weighted by molar-refractivity contribution is -0.132. The molecule has 7 heteroatoms. The number of pyridine rings is 1. The average Bonchev–Trinajstić information content (AvgIpc) is 3.16. The predicted octanol–water partition coefficient (Wildman–Crippen LogP) is 1.23. The van der Waals surface area contributed by atoms with E-state index < -0.39 is 6.04 Å². The maximum absolute atomic E-state index is 12.4. The van der Waals surface area contributed by atoms with Crippen LogP contribution in [0.25, 0.3) is 0 Å². The van der Waals surface area contributed by atoms with Crippen molar-refractivity contribution in [3.63, 3.8) is 0 Å². The Bertz CT molecular complexity index is 569. The van der Waals surface area contributed by atoms with Crippen molar-refractivity contribution in [2.45, 2.75) is 37.8 Å². The number of hydrogen-bond donors (Lipinski definition) is 2. The minimum atomic E-state index is -0.402. The van der Waals surface area contributed by atoms with Crippen LogP contribution < -0.4 is 11.1 Å². The van der Waals surface area contributed by atoms with Gasteiger partial charge in [0.1, 0.15) is 0 Å². The summed E-state index contributed by atoms with van der Waals surface area (Å²) >= 11 is 1.78. The number of aromatic nitrogens is 1. The zero-order valence-electron chi connectivity index (χ0n) is 13.7. The molecule has 3 rings (SSSR count). The van der Waals surface area contributed by atoms with E-state index in [-0.39, 0.29) is 23.8 Å². The number of carbonyl (C=O) groups excluding carboxylic acids is 2. The molecular weight excluding hydrogens is 324 g/mol. The Morgan fingerprint density at radius 3 is 2.58 bits per heavy atom. The third-order valence-corrected chi connectivity index (χ3v) is 5.87. The number of nitrogens with one attached hydrogen (secondary N) is 1. The molecule has 130 valence electrons. The standard InChI is InChI=1S/C17H24N4O2S/c18-15(17(23)21-9-10-24-11-21)12-1-3-14(4-2-12)20-16(22)13-5-7-19-8-6-13/h5-8,12,14-15H,1-4,9-11,18H2,(H,20,22). The summed E-state index contributed by atoms with van der Waals surface area (Å²) in [4.78, 5) is 30.4. The van der Waals surface area contributed by atoms with E-state index in [0.29, 0.717) is 5.56 Å². The van der Waals surface area contributed by atoms with Crippen LogP contribution in [0.15, 0.2) is 24.5 Å². The molecule has 0 radical (unpaired) electrons. The molecule has 2 amide bonds. The molecule has 6 nitrogen and oxygen atoms in total. The van der Waals surface area contributed by atoms with Crippen molar-refractivity contribution in [3.05, 3.63) is 30.1 Å². The Morgan fingerprint density at radius 2 is 1.96 bits per heavy atom. The first kappa shape index (κ1) is 17.2. The summed E-state index contributed by atoms with van der Waals surface area (Å²) in [5.74, 6) is 2.02. The number of amides is 2. The molecular formula is C17H24N4O2S. The van der Waals surface area contributed by atoms with Crippen LogP contribution in [-0.4, -0.2) is 52.0 Å². The van der Waals surface area contributed by atoms with Crippen molar-refractivity contribution in [1.82, 2.24) is 15.2 Å². The summed E-state index contributed by atoms with van der Waals surface area (Å²) in [5, 5.41) is 3.07. The number of nitrogens with zero attached hydrogens (tertiary/aromatic N) is 2. The van der Waals surface area contributed by atoms with E-state index in [0.717, 1.165) is 43.9 Å². The van der Waals surface area contributed by atoms with Crippen molar-refractivity contribution in [2.24, 2.45) is 11.7 Å². The first-order chi connectivity index (χ1) is 11.6. The van der Waals surface area contributed by atoms with Crippen LogP contribution >= 0.6 is 11.8 Å². The van der Waals surface area contributed by atoms with Crippen LogP contribution in [0.4, 0.5) is 0 Å². The number of carbonyl (C=O) groups is 2. The van der Waals surface area contributed by atoms with Crippen LogP contribution in [0.2, 0.25) is 0 Å². The van der Waals surface area contributed by atoms with Gasteiger partial charge in [-0.25, -0.2) is 0 Å². The zero-order valence-corrected chi connectivity index (χ0v) is 14.5. The Balaban J connectivity index is 1.47. The van der Waals surface area contributed by atoms with E-state index in [4.69, 9.17) is 5.73 Å². The number of hydrogen-bond acceptors (Lipinski definition) is 5.